The Kier molecular flexibility index (Phi) is 5.15. The van der Waals surface area contributed by atoms with Crippen LogP contribution in [0.1, 0.15) is 11.6 Å². The smallest absolute Gasteiger partial charge is 0.245 e. The van der Waals surface area contributed by atoms with Gasteiger partial charge in [0.2, 0.25) is 5.91 Å². The van der Waals surface area contributed by atoms with Gasteiger partial charge in [-0.05, 0) is 20.2 Å². The summed E-state index contributed by atoms with van der Waals surface area (Å²) in [4.78, 5) is 17.3. The van der Waals surface area contributed by atoms with Crippen LogP contribution in [-0.4, -0.2) is 75.2 Å². The number of morpholine rings is 1. The molecule has 1 aromatic carbocycles. The lowest BCUT2D eigenvalue weighted by molar-refractivity contribution is -0.148. The van der Waals surface area contributed by atoms with Gasteiger partial charge in [0.1, 0.15) is 6.54 Å². The van der Waals surface area contributed by atoms with E-state index >= 15 is 0 Å². The minimum Gasteiger partial charge on any atom is -0.373 e. The summed E-state index contributed by atoms with van der Waals surface area (Å²) in [6, 6.07) is 7.76. The monoisotopic (exact) mass is 382 g/mol. The second-order valence-corrected chi connectivity index (χ2v) is 7.51. The van der Waals surface area contributed by atoms with Gasteiger partial charge in [0.15, 0.2) is 0 Å². The van der Waals surface area contributed by atoms with Gasteiger partial charge in [-0.25, -0.2) is 0 Å². The molecule has 1 amide bonds. The van der Waals surface area contributed by atoms with Crippen molar-refractivity contribution in [2.45, 2.75) is 18.7 Å². The Morgan fingerprint density at radius 1 is 1.25 bits per heavy atom. The van der Waals surface area contributed by atoms with Crippen LogP contribution in [0.5, 0.6) is 0 Å². The molecule has 0 aliphatic carbocycles. The third-order valence-electron chi connectivity index (χ3n) is 5.12. The summed E-state index contributed by atoms with van der Waals surface area (Å²) >= 11 is 0. The molecule has 3 aromatic rings. The van der Waals surface area contributed by atoms with E-state index in [0.29, 0.717) is 13.2 Å². The fourth-order valence-electron chi connectivity index (χ4n) is 3.88. The highest BCUT2D eigenvalue weighted by Gasteiger charge is 2.37. The molecule has 1 aliphatic rings. The third kappa shape index (κ3) is 3.65. The molecule has 8 heteroatoms. The van der Waals surface area contributed by atoms with Gasteiger partial charge in [-0.1, -0.05) is 18.2 Å². The number of carbonyl (C=O) groups excluding carboxylic acids is 1. The molecule has 0 unspecified atom stereocenters. The maximum absolute atomic E-state index is 13.3. The van der Waals surface area contributed by atoms with Crippen LogP contribution in [0.2, 0.25) is 0 Å². The number of rotatable bonds is 5. The number of aryl methyl sites for hydroxylation is 1. The van der Waals surface area contributed by atoms with E-state index in [4.69, 9.17) is 4.74 Å². The number of nitrogens with zero attached hydrogens (tertiary/aromatic N) is 6. The van der Waals surface area contributed by atoms with Crippen molar-refractivity contribution in [2.75, 3.05) is 33.8 Å². The number of hydrogen-bond donors (Lipinski definition) is 0. The Morgan fingerprint density at radius 2 is 2.07 bits per heavy atom. The number of carbonyl (C=O) groups is 1. The van der Waals surface area contributed by atoms with Crippen molar-refractivity contribution in [3.8, 4) is 0 Å². The normalized spacial score (nSPS) is 20.2. The van der Waals surface area contributed by atoms with Gasteiger partial charge in [-0.15, -0.1) is 0 Å². The largest absolute Gasteiger partial charge is 0.373 e. The van der Waals surface area contributed by atoms with E-state index in [1.165, 1.54) is 0 Å². The Labute approximate surface area is 164 Å². The summed E-state index contributed by atoms with van der Waals surface area (Å²) in [7, 11) is 5.91. The number of hydrogen-bond acceptors (Lipinski definition) is 5. The molecule has 0 saturated carbocycles. The molecule has 1 saturated heterocycles. The first-order valence-electron chi connectivity index (χ1n) is 9.48. The zero-order valence-electron chi connectivity index (χ0n) is 16.5. The fraction of sp³-hybridized carbons (Fsp3) is 0.450. The number of amides is 1. The molecule has 148 valence electrons. The third-order valence-corrected chi connectivity index (χ3v) is 5.12. The summed E-state index contributed by atoms with van der Waals surface area (Å²) in [5, 5.41) is 9.75. The molecule has 2 atom stereocenters. The lowest BCUT2D eigenvalue weighted by Crippen LogP contribution is -2.51. The second-order valence-electron chi connectivity index (χ2n) is 7.51. The summed E-state index contributed by atoms with van der Waals surface area (Å²) in [5.41, 5.74) is 1.96. The van der Waals surface area contributed by atoms with Crippen LogP contribution in [0, 0.1) is 0 Å². The summed E-state index contributed by atoms with van der Waals surface area (Å²) in [6.45, 7) is 2.02. The van der Waals surface area contributed by atoms with Crippen LogP contribution >= 0.6 is 0 Å². The van der Waals surface area contributed by atoms with Crippen LogP contribution in [0.3, 0.4) is 0 Å². The van der Waals surface area contributed by atoms with E-state index < -0.39 is 0 Å². The van der Waals surface area contributed by atoms with Crippen molar-refractivity contribution < 1.29 is 9.53 Å². The Bertz CT molecular complexity index is 962. The molecule has 28 heavy (non-hydrogen) atoms. The summed E-state index contributed by atoms with van der Waals surface area (Å²) in [5.74, 6) is 0.0368. The van der Waals surface area contributed by atoms with Gasteiger partial charge >= 0.3 is 0 Å². The number of ether oxygens (including phenoxy) is 1. The molecule has 4 rings (SSSR count). The zero-order chi connectivity index (χ0) is 19.7. The Morgan fingerprint density at radius 3 is 2.82 bits per heavy atom. The first-order valence-corrected chi connectivity index (χ1v) is 9.48. The zero-order valence-corrected chi connectivity index (χ0v) is 16.5. The number of fused-ring (bicyclic) bond motifs is 1. The maximum Gasteiger partial charge on any atom is 0.245 e. The molecule has 8 nitrogen and oxygen atoms in total. The van der Waals surface area contributed by atoms with Crippen molar-refractivity contribution in [2.24, 2.45) is 7.05 Å². The van der Waals surface area contributed by atoms with E-state index in [1.54, 1.807) is 15.6 Å². The topological polar surface area (TPSA) is 68.4 Å². The molecule has 0 N–H and O–H groups in total. The maximum atomic E-state index is 13.3. The predicted molar refractivity (Wildman–Crippen MR) is 106 cm³/mol. The lowest BCUT2D eigenvalue weighted by atomic mass is 10.0. The first-order chi connectivity index (χ1) is 13.5. The molecule has 0 radical (unpaired) electrons. The second kappa shape index (κ2) is 7.73. The Hall–Kier alpha value is -2.71. The number of benzene rings is 1. The highest BCUT2D eigenvalue weighted by atomic mass is 16.5. The molecule has 2 aromatic heterocycles. The number of likely N-dealkylation sites (N-methyl/N-ethyl adjacent to an activating group) is 1. The summed E-state index contributed by atoms with van der Waals surface area (Å²) in [6.07, 6.45) is 5.48. The number of aromatic nitrogens is 4. The molecule has 3 heterocycles. The highest BCUT2D eigenvalue weighted by molar-refractivity contribution is 5.82. The van der Waals surface area contributed by atoms with Gasteiger partial charge in [0.05, 0.1) is 36.7 Å². The quantitative estimate of drug-likeness (QED) is 0.665. The van der Waals surface area contributed by atoms with E-state index in [1.807, 2.05) is 62.7 Å². The molecule has 1 fully saturated rings. The molecular formula is C20H26N6O2. The van der Waals surface area contributed by atoms with E-state index in [0.717, 1.165) is 23.0 Å². The average molecular weight is 382 g/mol. The van der Waals surface area contributed by atoms with Crippen molar-refractivity contribution in [1.29, 1.82) is 0 Å². The average Bonchev–Trinajstić information content (AvgIpc) is 3.27. The highest BCUT2D eigenvalue weighted by Crippen LogP contribution is 2.30. The van der Waals surface area contributed by atoms with Crippen LogP contribution in [0.4, 0.5) is 0 Å². The van der Waals surface area contributed by atoms with Gasteiger partial charge in [-0.3, -0.25) is 14.2 Å². The predicted octanol–water partition coefficient (Wildman–Crippen LogP) is 1.30. The first kappa shape index (κ1) is 18.6. The van der Waals surface area contributed by atoms with Crippen molar-refractivity contribution in [3.63, 3.8) is 0 Å². The van der Waals surface area contributed by atoms with E-state index in [2.05, 4.69) is 15.1 Å². The molecular weight excluding hydrogens is 356 g/mol. The molecule has 0 bridgehead atoms. The van der Waals surface area contributed by atoms with Crippen molar-refractivity contribution >= 4 is 16.8 Å². The van der Waals surface area contributed by atoms with Crippen molar-refractivity contribution in [1.82, 2.24) is 29.4 Å². The van der Waals surface area contributed by atoms with Crippen LogP contribution in [-0.2, 0) is 23.1 Å². The van der Waals surface area contributed by atoms with Crippen LogP contribution < -0.4 is 0 Å². The van der Waals surface area contributed by atoms with E-state index in [9.17, 15) is 4.79 Å². The van der Waals surface area contributed by atoms with Gasteiger partial charge in [0.25, 0.3) is 0 Å². The minimum atomic E-state index is -0.167. The fourth-order valence-corrected chi connectivity index (χ4v) is 3.88. The molecule has 0 spiro atoms. The van der Waals surface area contributed by atoms with Crippen molar-refractivity contribution in [3.05, 3.63) is 48.4 Å². The SMILES string of the molecule is CN(C)C[C@@H]1OCCN(C(=O)Cn2ncc3ccccc32)[C@H]1c1cnn(C)c1. The van der Waals surface area contributed by atoms with Gasteiger partial charge in [0, 0.05) is 37.3 Å². The van der Waals surface area contributed by atoms with Gasteiger partial charge < -0.3 is 14.5 Å². The van der Waals surface area contributed by atoms with Gasteiger partial charge in [-0.2, -0.15) is 10.2 Å². The Balaban J connectivity index is 1.62. The van der Waals surface area contributed by atoms with Crippen LogP contribution in [0.15, 0.2) is 42.9 Å². The lowest BCUT2D eigenvalue weighted by Gasteiger charge is -2.41. The standard InChI is InChI=1S/C20H26N6O2/c1-23(2)13-18-20(16-11-21-24(3)12-16)25(8-9-28-18)19(27)14-26-17-7-5-4-6-15(17)10-22-26/h4-7,10-12,18,20H,8-9,13-14H2,1-3H3/t18-,20-/m0/s1. The number of para-hydroxylation sites is 1. The van der Waals surface area contributed by atoms with E-state index in [-0.39, 0.29) is 24.6 Å². The summed E-state index contributed by atoms with van der Waals surface area (Å²) < 4.78 is 9.59. The minimum absolute atomic E-state index is 0.0368. The van der Waals surface area contributed by atoms with Crippen LogP contribution in [0.25, 0.3) is 10.9 Å². The molecule has 1 aliphatic heterocycles.